The Morgan fingerprint density at radius 3 is 2.90 bits per heavy atom. The smallest absolute Gasteiger partial charge is 0.227 e. The van der Waals surface area contributed by atoms with Crippen LogP contribution in [-0.4, -0.2) is 35.3 Å². The van der Waals surface area contributed by atoms with E-state index in [1.54, 1.807) is 0 Å². The molecular formula is C14H21N3O3. The average molecular weight is 279 g/mol. The van der Waals surface area contributed by atoms with E-state index >= 15 is 0 Å². The molecule has 1 saturated heterocycles. The number of nitrogens with one attached hydrogen (secondary N) is 1. The van der Waals surface area contributed by atoms with E-state index in [4.69, 9.17) is 9.26 Å². The molecule has 0 spiro atoms. The monoisotopic (exact) mass is 279 g/mol. The summed E-state index contributed by atoms with van der Waals surface area (Å²) in [4.78, 5) is 16.2. The zero-order valence-corrected chi connectivity index (χ0v) is 11.6. The number of hydrogen-bond acceptors (Lipinski definition) is 5. The van der Waals surface area contributed by atoms with Crippen LogP contribution in [0.25, 0.3) is 0 Å². The lowest BCUT2D eigenvalue weighted by atomic mass is 10.1. The normalized spacial score (nSPS) is 23.3. The molecule has 20 heavy (non-hydrogen) atoms. The first-order chi connectivity index (χ1) is 9.81. The molecular weight excluding hydrogens is 258 g/mol. The minimum Gasteiger partial charge on any atom is -0.381 e. The van der Waals surface area contributed by atoms with Crippen LogP contribution < -0.4 is 5.32 Å². The van der Waals surface area contributed by atoms with Crippen molar-refractivity contribution < 1.29 is 14.1 Å². The fraction of sp³-hybridized carbons (Fsp3) is 0.786. The fourth-order valence-electron chi connectivity index (χ4n) is 2.86. The van der Waals surface area contributed by atoms with Gasteiger partial charge in [0.05, 0.1) is 6.61 Å². The van der Waals surface area contributed by atoms with Gasteiger partial charge in [0.15, 0.2) is 5.82 Å². The Hall–Kier alpha value is -1.43. The number of amides is 1. The molecule has 0 radical (unpaired) electrons. The highest BCUT2D eigenvalue weighted by molar-refractivity contribution is 5.76. The Labute approximate surface area is 118 Å². The summed E-state index contributed by atoms with van der Waals surface area (Å²) < 4.78 is 10.5. The van der Waals surface area contributed by atoms with Crippen molar-refractivity contribution >= 4 is 5.91 Å². The van der Waals surface area contributed by atoms with E-state index in [-0.39, 0.29) is 11.8 Å². The molecule has 110 valence electrons. The largest absolute Gasteiger partial charge is 0.381 e. The second kappa shape index (κ2) is 6.35. The summed E-state index contributed by atoms with van der Waals surface area (Å²) >= 11 is 0. The molecule has 1 aliphatic heterocycles. The number of ether oxygens (including phenoxy) is 1. The van der Waals surface area contributed by atoms with Gasteiger partial charge in [-0.3, -0.25) is 4.79 Å². The topological polar surface area (TPSA) is 77.2 Å². The zero-order valence-electron chi connectivity index (χ0n) is 11.6. The van der Waals surface area contributed by atoms with Crippen LogP contribution in [0.3, 0.4) is 0 Å². The SMILES string of the molecule is O=C(CCc1nc([C@H]2CCOC2)no1)NC1CCCC1. The van der Waals surface area contributed by atoms with E-state index in [9.17, 15) is 4.79 Å². The third-order valence-electron chi connectivity index (χ3n) is 4.06. The molecule has 0 bridgehead atoms. The number of aryl methyl sites for hydroxylation is 1. The van der Waals surface area contributed by atoms with Crippen molar-refractivity contribution in [3.63, 3.8) is 0 Å². The molecule has 2 heterocycles. The molecule has 1 atom stereocenters. The van der Waals surface area contributed by atoms with E-state index in [0.717, 1.165) is 25.9 Å². The number of nitrogens with zero attached hydrogens (tertiary/aromatic N) is 2. The lowest BCUT2D eigenvalue weighted by Crippen LogP contribution is -2.32. The quantitative estimate of drug-likeness (QED) is 0.885. The van der Waals surface area contributed by atoms with Crippen LogP contribution in [0, 0.1) is 0 Å². The number of hydrogen-bond donors (Lipinski definition) is 1. The van der Waals surface area contributed by atoms with E-state index in [1.807, 2.05) is 0 Å². The van der Waals surface area contributed by atoms with E-state index in [2.05, 4.69) is 15.5 Å². The summed E-state index contributed by atoms with van der Waals surface area (Å²) in [5.41, 5.74) is 0. The molecule has 1 aliphatic carbocycles. The van der Waals surface area contributed by atoms with Gasteiger partial charge in [-0.25, -0.2) is 0 Å². The molecule has 1 amide bonds. The minimum absolute atomic E-state index is 0.0841. The van der Waals surface area contributed by atoms with Crippen molar-refractivity contribution in [1.82, 2.24) is 15.5 Å². The van der Waals surface area contributed by atoms with Gasteiger partial charge in [-0.2, -0.15) is 4.98 Å². The predicted octanol–water partition coefficient (Wildman–Crippen LogP) is 1.56. The molecule has 1 saturated carbocycles. The Kier molecular flexibility index (Phi) is 4.30. The first-order valence-electron chi connectivity index (χ1n) is 7.51. The van der Waals surface area contributed by atoms with Crippen LogP contribution in [0.1, 0.15) is 56.2 Å². The lowest BCUT2D eigenvalue weighted by Gasteiger charge is -2.10. The van der Waals surface area contributed by atoms with Crippen LogP contribution >= 0.6 is 0 Å². The molecule has 6 nitrogen and oxygen atoms in total. The van der Waals surface area contributed by atoms with Crippen LogP contribution in [0.4, 0.5) is 0 Å². The molecule has 3 rings (SSSR count). The van der Waals surface area contributed by atoms with Crippen molar-refractivity contribution in [2.24, 2.45) is 0 Å². The maximum atomic E-state index is 11.8. The van der Waals surface area contributed by atoms with Crippen LogP contribution in [0.5, 0.6) is 0 Å². The van der Waals surface area contributed by atoms with Crippen LogP contribution in [0.15, 0.2) is 4.52 Å². The standard InChI is InChI=1S/C14H21N3O3/c18-12(15-11-3-1-2-4-11)5-6-13-16-14(17-20-13)10-7-8-19-9-10/h10-11H,1-9H2,(H,15,18)/t10-/m0/s1. The highest BCUT2D eigenvalue weighted by atomic mass is 16.5. The lowest BCUT2D eigenvalue weighted by molar-refractivity contribution is -0.121. The molecule has 2 fully saturated rings. The minimum atomic E-state index is 0.0841. The summed E-state index contributed by atoms with van der Waals surface area (Å²) in [6.07, 6.45) is 6.54. The third-order valence-corrected chi connectivity index (χ3v) is 4.06. The first-order valence-corrected chi connectivity index (χ1v) is 7.51. The van der Waals surface area contributed by atoms with Crippen molar-refractivity contribution in [3.05, 3.63) is 11.7 Å². The highest BCUT2D eigenvalue weighted by Crippen LogP contribution is 2.22. The Bertz CT molecular complexity index is 448. The van der Waals surface area contributed by atoms with Crippen LogP contribution in [-0.2, 0) is 16.0 Å². The number of carbonyl (C=O) groups excluding carboxylic acids is 1. The summed E-state index contributed by atoms with van der Waals surface area (Å²) in [5.74, 6) is 1.60. The van der Waals surface area contributed by atoms with E-state index in [0.29, 0.717) is 37.2 Å². The number of aromatic nitrogens is 2. The van der Waals surface area contributed by atoms with Crippen molar-refractivity contribution in [2.75, 3.05) is 13.2 Å². The maximum Gasteiger partial charge on any atom is 0.227 e. The number of rotatable bonds is 5. The van der Waals surface area contributed by atoms with Crippen molar-refractivity contribution in [1.29, 1.82) is 0 Å². The van der Waals surface area contributed by atoms with Gasteiger partial charge < -0.3 is 14.6 Å². The Morgan fingerprint density at radius 2 is 2.15 bits per heavy atom. The average Bonchev–Trinajstić information content (AvgIpc) is 3.18. The van der Waals surface area contributed by atoms with Gasteiger partial charge >= 0.3 is 0 Å². The van der Waals surface area contributed by atoms with Crippen molar-refractivity contribution in [2.45, 2.75) is 56.9 Å². The second-order valence-corrected chi connectivity index (χ2v) is 5.66. The highest BCUT2D eigenvalue weighted by Gasteiger charge is 2.23. The third kappa shape index (κ3) is 3.36. The number of carbonyl (C=O) groups is 1. The second-order valence-electron chi connectivity index (χ2n) is 5.66. The predicted molar refractivity (Wildman–Crippen MR) is 71.2 cm³/mol. The van der Waals surface area contributed by atoms with E-state index in [1.165, 1.54) is 12.8 Å². The maximum absolute atomic E-state index is 11.8. The van der Waals surface area contributed by atoms with Crippen molar-refractivity contribution in [3.8, 4) is 0 Å². The van der Waals surface area contributed by atoms with Gasteiger partial charge in [0.25, 0.3) is 0 Å². The molecule has 0 unspecified atom stereocenters. The summed E-state index contributed by atoms with van der Waals surface area (Å²) in [6, 6.07) is 0.372. The Morgan fingerprint density at radius 1 is 1.30 bits per heavy atom. The van der Waals surface area contributed by atoms with Gasteiger partial charge in [0.1, 0.15) is 0 Å². The van der Waals surface area contributed by atoms with Gasteiger partial charge in [-0.05, 0) is 19.3 Å². The fourth-order valence-corrected chi connectivity index (χ4v) is 2.86. The molecule has 6 heteroatoms. The molecule has 0 aromatic carbocycles. The summed E-state index contributed by atoms with van der Waals surface area (Å²) in [5, 5.41) is 7.04. The van der Waals surface area contributed by atoms with Gasteiger partial charge in [0.2, 0.25) is 11.8 Å². The molecule has 2 aliphatic rings. The first kappa shape index (κ1) is 13.5. The zero-order chi connectivity index (χ0) is 13.8. The summed E-state index contributed by atoms with van der Waals surface area (Å²) in [7, 11) is 0. The van der Waals surface area contributed by atoms with Gasteiger partial charge in [-0.15, -0.1) is 0 Å². The molecule has 1 aromatic heterocycles. The summed E-state index contributed by atoms with van der Waals surface area (Å²) in [6.45, 7) is 1.43. The van der Waals surface area contributed by atoms with Gasteiger partial charge in [-0.1, -0.05) is 18.0 Å². The molecule has 1 N–H and O–H groups in total. The molecule has 1 aromatic rings. The van der Waals surface area contributed by atoms with Gasteiger partial charge in [0, 0.05) is 31.4 Å². The Balaban J connectivity index is 1.44. The van der Waals surface area contributed by atoms with Crippen LogP contribution in [0.2, 0.25) is 0 Å². The van der Waals surface area contributed by atoms with E-state index < -0.39 is 0 Å².